The van der Waals surface area contributed by atoms with Crippen LogP contribution in [0.1, 0.15) is 10.4 Å². The minimum atomic E-state index is -1.90. The number of alkyl halides is 3. The topological polar surface area (TPSA) is 62.4 Å². The molecule has 0 bridgehead atoms. The van der Waals surface area contributed by atoms with Crippen molar-refractivity contribution in [3.8, 4) is 5.75 Å². The van der Waals surface area contributed by atoms with Crippen LogP contribution >= 0.6 is 70.2 Å². The zero-order valence-corrected chi connectivity index (χ0v) is 18.8. The second-order valence-corrected chi connectivity index (χ2v) is 9.02. The van der Waals surface area contributed by atoms with Crippen LogP contribution in [0.4, 0.5) is 5.69 Å². The first kappa shape index (κ1) is 23.1. The maximum Gasteiger partial charge on any atom is 0.254 e. The van der Waals surface area contributed by atoms with Crippen LogP contribution in [-0.2, 0) is 0 Å². The number of carbonyl (C=O) groups excluding carboxylic acids is 1. The largest absolute Gasteiger partial charge is 0.497 e. The number of methoxy groups -OCH3 is 1. The summed E-state index contributed by atoms with van der Waals surface area (Å²) in [7, 11) is 1.57. The van der Waals surface area contributed by atoms with Gasteiger partial charge in [0.1, 0.15) is 11.9 Å². The van der Waals surface area contributed by atoms with Crippen molar-refractivity contribution in [3.05, 3.63) is 58.1 Å². The molecule has 2 aromatic carbocycles. The van der Waals surface area contributed by atoms with Crippen LogP contribution in [0.2, 0.25) is 10.0 Å². The van der Waals surface area contributed by atoms with Gasteiger partial charge >= 0.3 is 0 Å². The van der Waals surface area contributed by atoms with Gasteiger partial charge in [-0.05, 0) is 54.7 Å². The van der Waals surface area contributed by atoms with E-state index < -0.39 is 15.9 Å². The summed E-state index contributed by atoms with van der Waals surface area (Å²) in [5.74, 6) is 0.119. The fourth-order valence-electron chi connectivity index (χ4n) is 2.05. The monoisotopic (exact) mass is 499 g/mol. The molecule has 2 rings (SSSR count). The van der Waals surface area contributed by atoms with Crippen LogP contribution in [0, 0.1) is 0 Å². The number of hydrogen-bond donors (Lipinski definition) is 3. The Morgan fingerprint density at radius 1 is 1.07 bits per heavy atom. The van der Waals surface area contributed by atoms with E-state index >= 15 is 0 Å². The molecule has 1 amide bonds. The molecule has 11 heteroatoms. The van der Waals surface area contributed by atoms with E-state index in [-0.39, 0.29) is 15.7 Å². The van der Waals surface area contributed by atoms with Crippen LogP contribution in [0.5, 0.6) is 5.75 Å². The lowest BCUT2D eigenvalue weighted by Crippen LogP contribution is -2.56. The lowest BCUT2D eigenvalue weighted by atomic mass is 10.2. The highest BCUT2D eigenvalue weighted by atomic mass is 35.6. The summed E-state index contributed by atoms with van der Waals surface area (Å²) in [5.41, 5.74) is 0.842. The normalized spacial score (nSPS) is 12.1. The maximum atomic E-state index is 12.5. The number of nitrogens with one attached hydrogen (secondary N) is 3. The Bertz CT molecular complexity index is 859. The molecule has 1 unspecified atom stereocenters. The van der Waals surface area contributed by atoms with Gasteiger partial charge in [0.15, 0.2) is 5.11 Å². The molecule has 0 radical (unpaired) electrons. The highest BCUT2D eigenvalue weighted by Crippen LogP contribution is 2.30. The first-order chi connectivity index (χ1) is 13.1. The van der Waals surface area contributed by atoms with E-state index in [4.69, 9.17) is 75.0 Å². The van der Waals surface area contributed by atoms with Crippen LogP contribution < -0.4 is 20.7 Å². The SMILES string of the molecule is COc1ccc(NC(=S)NC(NC(=O)c2ccc(Cl)cc2Cl)C(Cl)(Cl)Cl)cc1. The minimum absolute atomic E-state index is 0.129. The van der Waals surface area contributed by atoms with Gasteiger partial charge in [-0.25, -0.2) is 0 Å². The third-order valence-electron chi connectivity index (χ3n) is 3.40. The second kappa shape index (κ2) is 10.1. The zero-order valence-electron chi connectivity index (χ0n) is 14.2. The molecule has 2 aromatic rings. The molecule has 0 aliphatic heterocycles. The van der Waals surface area contributed by atoms with Crippen molar-refractivity contribution in [3.63, 3.8) is 0 Å². The van der Waals surface area contributed by atoms with E-state index in [0.717, 1.165) is 0 Å². The number of rotatable bonds is 5. The Kier molecular flexibility index (Phi) is 8.30. The van der Waals surface area contributed by atoms with Crippen molar-refractivity contribution >= 4 is 86.9 Å². The number of benzene rings is 2. The van der Waals surface area contributed by atoms with Crippen molar-refractivity contribution < 1.29 is 9.53 Å². The van der Waals surface area contributed by atoms with Gasteiger partial charge in [-0.2, -0.15) is 0 Å². The zero-order chi connectivity index (χ0) is 20.9. The fourth-order valence-corrected chi connectivity index (χ4v) is 3.11. The number of thiocarbonyl (C=S) groups is 1. The third-order valence-corrected chi connectivity index (χ3v) is 4.82. The maximum absolute atomic E-state index is 12.5. The lowest BCUT2D eigenvalue weighted by Gasteiger charge is -2.28. The summed E-state index contributed by atoms with van der Waals surface area (Å²) in [6.45, 7) is 0. The molecule has 3 N–H and O–H groups in total. The van der Waals surface area contributed by atoms with E-state index in [0.29, 0.717) is 16.5 Å². The number of anilines is 1. The lowest BCUT2D eigenvalue weighted by molar-refractivity contribution is 0.0934. The first-order valence-electron chi connectivity index (χ1n) is 7.64. The number of ether oxygens (including phenoxy) is 1. The van der Waals surface area contributed by atoms with E-state index in [9.17, 15) is 4.79 Å². The highest BCUT2D eigenvalue weighted by molar-refractivity contribution is 7.80. The molecule has 0 spiro atoms. The summed E-state index contributed by atoms with van der Waals surface area (Å²) in [4.78, 5) is 12.5. The van der Waals surface area contributed by atoms with Crippen molar-refractivity contribution in [1.82, 2.24) is 10.6 Å². The number of amides is 1. The average Bonchev–Trinajstić information content (AvgIpc) is 2.60. The molecule has 0 aliphatic rings. The fraction of sp³-hybridized carbons (Fsp3) is 0.176. The Balaban J connectivity index is 2.08. The van der Waals surface area contributed by atoms with Crippen LogP contribution in [-0.4, -0.2) is 28.1 Å². The third kappa shape index (κ3) is 6.72. The summed E-state index contributed by atoms with van der Waals surface area (Å²) in [5, 5.41) is 8.91. The molecule has 28 heavy (non-hydrogen) atoms. The minimum Gasteiger partial charge on any atom is -0.497 e. The Labute approximate surface area is 192 Å². The van der Waals surface area contributed by atoms with Crippen molar-refractivity contribution in [2.45, 2.75) is 9.96 Å². The van der Waals surface area contributed by atoms with E-state index in [1.165, 1.54) is 18.2 Å². The van der Waals surface area contributed by atoms with Gasteiger partial charge in [0.2, 0.25) is 3.79 Å². The molecule has 5 nitrogen and oxygen atoms in total. The molecular weight excluding hydrogens is 488 g/mol. The van der Waals surface area contributed by atoms with Gasteiger partial charge in [0.25, 0.3) is 5.91 Å². The summed E-state index contributed by atoms with van der Waals surface area (Å²) >= 11 is 35.1. The molecule has 0 aromatic heterocycles. The molecule has 0 saturated carbocycles. The van der Waals surface area contributed by atoms with Gasteiger partial charge in [-0.15, -0.1) is 0 Å². The van der Waals surface area contributed by atoms with E-state index in [2.05, 4.69) is 16.0 Å². The predicted molar refractivity (Wildman–Crippen MR) is 120 cm³/mol. The molecule has 1 atom stereocenters. The number of halogens is 5. The average molecular weight is 502 g/mol. The summed E-state index contributed by atoms with van der Waals surface area (Å²) in [6, 6.07) is 11.4. The number of hydrogen-bond acceptors (Lipinski definition) is 3. The van der Waals surface area contributed by atoms with Crippen molar-refractivity contribution in [2.75, 3.05) is 12.4 Å². The molecule has 150 valence electrons. The van der Waals surface area contributed by atoms with Crippen LogP contribution in [0.25, 0.3) is 0 Å². The summed E-state index contributed by atoms with van der Waals surface area (Å²) in [6.07, 6.45) is -1.14. The van der Waals surface area contributed by atoms with Gasteiger partial charge in [-0.1, -0.05) is 58.0 Å². The molecule has 0 heterocycles. The van der Waals surface area contributed by atoms with Crippen LogP contribution in [0.3, 0.4) is 0 Å². The van der Waals surface area contributed by atoms with Gasteiger partial charge in [0.05, 0.1) is 17.7 Å². The van der Waals surface area contributed by atoms with E-state index in [1.54, 1.807) is 31.4 Å². The summed E-state index contributed by atoms with van der Waals surface area (Å²) < 4.78 is 3.19. The van der Waals surface area contributed by atoms with Gasteiger partial charge in [-0.3, -0.25) is 4.79 Å². The molecule has 0 fully saturated rings. The second-order valence-electron chi connectivity index (χ2n) is 5.40. The first-order valence-corrected chi connectivity index (χ1v) is 9.94. The van der Waals surface area contributed by atoms with Gasteiger partial charge in [0, 0.05) is 10.7 Å². The van der Waals surface area contributed by atoms with E-state index in [1.807, 2.05) is 0 Å². The standard InChI is InChI=1S/C17H14Cl5N3O2S/c1-27-11-5-3-10(4-6-11)23-16(28)25-15(17(20,21)22)24-14(26)12-7-2-9(18)8-13(12)19/h2-8,15H,1H3,(H,24,26)(H2,23,25,28). The van der Waals surface area contributed by atoms with Crippen molar-refractivity contribution in [1.29, 1.82) is 0 Å². The Hall–Kier alpha value is -1.15. The molecular formula is C17H14Cl5N3O2S. The van der Waals surface area contributed by atoms with Crippen LogP contribution in [0.15, 0.2) is 42.5 Å². The molecule has 0 saturated heterocycles. The van der Waals surface area contributed by atoms with Crippen molar-refractivity contribution in [2.24, 2.45) is 0 Å². The highest BCUT2D eigenvalue weighted by Gasteiger charge is 2.35. The predicted octanol–water partition coefficient (Wildman–Crippen LogP) is 5.41. The van der Waals surface area contributed by atoms with Gasteiger partial charge < -0.3 is 20.7 Å². The molecule has 0 aliphatic carbocycles. The smallest absolute Gasteiger partial charge is 0.254 e. The quantitative estimate of drug-likeness (QED) is 0.290. The Morgan fingerprint density at radius 3 is 2.25 bits per heavy atom. The Morgan fingerprint density at radius 2 is 1.71 bits per heavy atom. The number of carbonyl (C=O) groups is 1.